The van der Waals surface area contributed by atoms with E-state index in [2.05, 4.69) is 0 Å². The number of hydrogen-bond donors (Lipinski definition) is 1. The molecule has 0 saturated carbocycles. The van der Waals surface area contributed by atoms with Gasteiger partial charge in [-0.15, -0.1) is 0 Å². The monoisotopic (exact) mass is 422 g/mol. The van der Waals surface area contributed by atoms with Crippen LogP contribution in [0.25, 0.3) is 5.76 Å². The fourth-order valence-electron chi connectivity index (χ4n) is 3.73. The Morgan fingerprint density at radius 2 is 1.74 bits per heavy atom. The lowest BCUT2D eigenvalue weighted by Crippen LogP contribution is -2.32. The Kier molecular flexibility index (Phi) is 7.47. The predicted octanol–water partition coefficient (Wildman–Crippen LogP) is 3.85. The van der Waals surface area contributed by atoms with Gasteiger partial charge in [-0.2, -0.15) is 0 Å². The summed E-state index contributed by atoms with van der Waals surface area (Å²) in [5.74, 6) is -0.689. The molecule has 3 rings (SSSR count). The summed E-state index contributed by atoms with van der Waals surface area (Å²) in [6.45, 7) is 3.87. The lowest BCUT2D eigenvalue weighted by molar-refractivity contribution is -0.139. The summed E-state index contributed by atoms with van der Waals surface area (Å²) in [5.41, 5.74) is 1.41. The van der Waals surface area contributed by atoms with Crippen LogP contribution < -0.4 is 4.74 Å². The van der Waals surface area contributed by atoms with E-state index >= 15 is 0 Å². The standard InChI is InChI=1S/C25H30N2O4/c1-4-17-31-20-13-11-19(12-14-20)23(28)21-22(18-9-6-5-7-10-18)27(25(30)24(21)29)16-8-15-26(2)3/h5-7,9-14,22,28H,4,8,15-17H2,1-3H3/b23-21+/t22-/m0/s1. The van der Waals surface area contributed by atoms with Crippen molar-refractivity contribution in [3.05, 3.63) is 71.3 Å². The zero-order valence-electron chi connectivity index (χ0n) is 18.4. The van der Waals surface area contributed by atoms with Crippen LogP contribution in [0.4, 0.5) is 0 Å². The minimum Gasteiger partial charge on any atom is -0.507 e. The summed E-state index contributed by atoms with van der Waals surface area (Å²) in [6, 6.07) is 15.7. The highest BCUT2D eigenvalue weighted by Crippen LogP contribution is 2.39. The normalized spacial score (nSPS) is 18.1. The molecule has 1 atom stereocenters. The number of nitrogens with zero attached hydrogens (tertiary/aromatic N) is 2. The number of likely N-dealkylation sites (tertiary alicyclic amines) is 1. The molecule has 1 saturated heterocycles. The second kappa shape index (κ2) is 10.3. The maximum Gasteiger partial charge on any atom is 0.295 e. The van der Waals surface area contributed by atoms with Gasteiger partial charge in [0.15, 0.2) is 0 Å². The van der Waals surface area contributed by atoms with Crippen molar-refractivity contribution in [2.75, 3.05) is 33.8 Å². The van der Waals surface area contributed by atoms with E-state index in [9.17, 15) is 14.7 Å². The molecule has 1 fully saturated rings. The van der Waals surface area contributed by atoms with Crippen LogP contribution >= 0.6 is 0 Å². The van der Waals surface area contributed by atoms with Crippen LogP contribution in [-0.2, 0) is 9.59 Å². The lowest BCUT2D eigenvalue weighted by atomic mass is 9.95. The van der Waals surface area contributed by atoms with E-state index in [0.29, 0.717) is 24.5 Å². The molecule has 1 N–H and O–H groups in total. The van der Waals surface area contributed by atoms with Crippen molar-refractivity contribution in [1.29, 1.82) is 0 Å². The van der Waals surface area contributed by atoms with Gasteiger partial charge in [-0.25, -0.2) is 0 Å². The number of ether oxygens (including phenoxy) is 1. The minimum absolute atomic E-state index is 0.128. The number of aliphatic hydroxyl groups excluding tert-OH is 1. The molecule has 164 valence electrons. The van der Waals surface area contributed by atoms with Crippen molar-refractivity contribution in [3.8, 4) is 5.75 Å². The van der Waals surface area contributed by atoms with Crippen LogP contribution in [0.15, 0.2) is 60.2 Å². The topological polar surface area (TPSA) is 70.1 Å². The number of hydrogen-bond acceptors (Lipinski definition) is 5. The lowest BCUT2D eigenvalue weighted by Gasteiger charge is -2.26. The molecule has 1 aliphatic heterocycles. The third-order valence-corrected chi connectivity index (χ3v) is 5.26. The number of carbonyl (C=O) groups is 2. The molecule has 0 unspecified atom stereocenters. The van der Waals surface area contributed by atoms with Crippen molar-refractivity contribution in [1.82, 2.24) is 9.80 Å². The Bertz CT molecular complexity index is 936. The summed E-state index contributed by atoms with van der Waals surface area (Å²) >= 11 is 0. The number of rotatable bonds is 9. The summed E-state index contributed by atoms with van der Waals surface area (Å²) in [4.78, 5) is 29.5. The molecule has 0 aliphatic carbocycles. The first kappa shape index (κ1) is 22.6. The molecule has 1 amide bonds. The molecular weight excluding hydrogens is 392 g/mol. The quantitative estimate of drug-likeness (QED) is 0.378. The third kappa shape index (κ3) is 5.14. The van der Waals surface area contributed by atoms with Crippen molar-refractivity contribution >= 4 is 17.4 Å². The molecule has 2 aromatic rings. The average molecular weight is 423 g/mol. The SMILES string of the molecule is CCCOc1ccc(/C(O)=C2\C(=O)C(=O)N(CCCN(C)C)[C@H]2c2ccccc2)cc1. The van der Waals surface area contributed by atoms with Crippen LogP contribution in [0, 0.1) is 0 Å². The fraction of sp³-hybridized carbons (Fsp3) is 0.360. The van der Waals surface area contributed by atoms with E-state index in [1.165, 1.54) is 0 Å². The van der Waals surface area contributed by atoms with Crippen molar-refractivity contribution < 1.29 is 19.4 Å². The molecular formula is C25H30N2O4. The molecule has 6 heteroatoms. The van der Waals surface area contributed by atoms with Gasteiger partial charge in [0.25, 0.3) is 11.7 Å². The highest BCUT2D eigenvalue weighted by Gasteiger charge is 2.45. The number of ketones is 1. The Balaban J connectivity index is 1.99. The van der Waals surface area contributed by atoms with Gasteiger partial charge >= 0.3 is 0 Å². The zero-order valence-corrected chi connectivity index (χ0v) is 18.4. The van der Waals surface area contributed by atoms with Crippen molar-refractivity contribution in [3.63, 3.8) is 0 Å². The van der Waals surface area contributed by atoms with Gasteiger partial charge < -0.3 is 19.6 Å². The van der Waals surface area contributed by atoms with Gasteiger partial charge in [0, 0.05) is 12.1 Å². The van der Waals surface area contributed by atoms with Gasteiger partial charge in [-0.05, 0) is 63.3 Å². The molecule has 1 heterocycles. The summed E-state index contributed by atoms with van der Waals surface area (Å²) in [7, 11) is 3.94. The molecule has 31 heavy (non-hydrogen) atoms. The van der Waals surface area contributed by atoms with Crippen LogP contribution in [-0.4, -0.2) is 60.4 Å². The third-order valence-electron chi connectivity index (χ3n) is 5.26. The van der Waals surface area contributed by atoms with Gasteiger partial charge in [-0.1, -0.05) is 37.3 Å². The molecule has 0 radical (unpaired) electrons. The maximum absolute atomic E-state index is 13.0. The molecule has 0 aromatic heterocycles. The van der Waals surface area contributed by atoms with Crippen molar-refractivity contribution in [2.24, 2.45) is 0 Å². The first-order chi connectivity index (χ1) is 14.9. The van der Waals surface area contributed by atoms with Crippen LogP contribution in [0.3, 0.4) is 0 Å². The average Bonchev–Trinajstić information content (AvgIpc) is 3.03. The molecule has 1 aliphatic rings. The van der Waals surface area contributed by atoms with Crippen molar-refractivity contribution in [2.45, 2.75) is 25.8 Å². The smallest absolute Gasteiger partial charge is 0.295 e. The Morgan fingerprint density at radius 3 is 2.35 bits per heavy atom. The number of aliphatic hydroxyl groups is 1. The molecule has 0 spiro atoms. The zero-order chi connectivity index (χ0) is 22.4. The summed E-state index contributed by atoms with van der Waals surface area (Å²) < 4.78 is 5.59. The van der Waals surface area contributed by atoms with E-state index in [-0.39, 0.29) is 11.3 Å². The number of amides is 1. The number of benzene rings is 2. The van der Waals surface area contributed by atoms with Gasteiger partial charge in [-0.3, -0.25) is 9.59 Å². The highest BCUT2D eigenvalue weighted by molar-refractivity contribution is 6.46. The largest absolute Gasteiger partial charge is 0.507 e. The van der Waals surface area contributed by atoms with E-state index in [0.717, 1.165) is 24.9 Å². The van der Waals surface area contributed by atoms with E-state index < -0.39 is 17.7 Å². The predicted molar refractivity (Wildman–Crippen MR) is 121 cm³/mol. The van der Waals surface area contributed by atoms with Crippen LogP contribution in [0.2, 0.25) is 0 Å². The Hall–Kier alpha value is -3.12. The van der Waals surface area contributed by atoms with Gasteiger partial charge in [0.1, 0.15) is 11.5 Å². The van der Waals surface area contributed by atoms with Crippen LogP contribution in [0.1, 0.15) is 36.9 Å². The fourth-order valence-corrected chi connectivity index (χ4v) is 3.73. The van der Waals surface area contributed by atoms with Gasteiger partial charge in [0.05, 0.1) is 18.2 Å². The first-order valence-corrected chi connectivity index (χ1v) is 10.6. The number of Topliss-reactive ketones (excluding diaryl/α,β-unsaturated/α-hetero) is 1. The molecule has 0 bridgehead atoms. The Labute approximate surface area is 183 Å². The summed E-state index contributed by atoms with van der Waals surface area (Å²) in [5, 5.41) is 11.1. The molecule has 2 aromatic carbocycles. The van der Waals surface area contributed by atoms with Gasteiger partial charge in [0.2, 0.25) is 0 Å². The second-order valence-corrected chi connectivity index (χ2v) is 7.93. The highest BCUT2D eigenvalue weighted by atomic mass is 16.5. The number of carbonyl (C=O) groups excluding carboxylic acids is 2. The Morgan fingerprint density at radius 1 is 1.06 bits per heavy atom. The van der Waals surface area contributed by atoms with Crippen LogP contribution in [0.5, 0.6) is 5.75 Å². The molecule has 6 nitrogen and oxygen atoms in total. The van der Waals surface area contributed by atoms with E-state index in [1.54, 1.807) is 29.2 Å². The van der Waals surface area contributed by atoms with E-state index in [4.69, 9.17) is 4.74 Å². The minimum atomic E-state index is -0.650. The maximum atomic E-state index is 13.0. The van der Waals surface area contributed by atoms with E-state index in [1.807, 2.05) is 56.3 Å². The summed E-state index contributed by atoms with van der Waals surface area (Å²) in [6.07, 6.45) is 1.63. The second-order valence-electron chi connectivity index (χ2n) is 7.93. The first-order valence-electron chi connectivity index (χ1n) is 10.6.